The lowest BCUT2D eigenvalue weighted by atomic mass is 10.1. The van der Waals surface area contributed by atoms with Crippen molar-refractivity contribution in [3.8, 4) is 0 Å². The van der Waals surface area contributed by atoms with Crippen molar-refractivity contribution in [3.63, 3.8) is 0 Å². The van der Waals surface area contributed by atoms with E-state index in [4.69, 9.17) is 5.73 Å². The van der Waals surface area contributed by atoms with Crippen LogP contribution >= 0.6 is 12.4 Å². The number of hydrogen-bond acceptors (Lipinski definition) is 4. The van der Waals surface area contributed by atoms with Gasteiger partial charge in [-0.05, 0) is 13.5 Å². The minimum absolute atomic E-state index is 0. The maximum Gasteiger partial charge on any atom is 0.243 e. The molecule has 136 valence electrons. The maximum atomic E-state index is 11.9. The highest BCUT2D eigenvalue weighted by Gasteiger charge is 2.22. The molecule has 1 unspecified atom stereocenters. The molecule has 0 aromatic carbocycles. The average molecular weight is 351 g/mol. The van der Waals surface area contributed by atoms with Gasteiger partial charge in [0.1, 0.15) is 6.04 Å². The molecule has 3 amide bonds. The van der Waals surface area contributed by atoms with Crippen molar-refractivity contribution in [2.45, 2.75) is 57.9 Å². The Hall–Kier alpha value is -1.34. The Balaban J connectivity index is 0. The number of halogens is 1. The molecule has 23 heavy (non-hydrogen) atoms. The third-order valence-electron chi connectivity index (χ3n) is 3.24. The number of nitrogens with two attached hydrogens (primary N) is 1. The third-order valence-corrected chi connectivity index (χ3v) is 3.24. The zero-order chi connectivity index (χ0) is 16.8. The van der Waals surface area contributed by atoms with E-state index >= 15 is 0 Å². The molecule has 5 N–H and O–H groups in total. The molecule has 0 rings (SSSR count). The van der Waals surface area contributed by atoms with Crippen molar-refractivity contribution in [3.05, 3.63) is 0 Å². The standard InChI is InChI=1S/C15H30N4O3.ClH/c1-3-4-5-6-7-8-14(21)19-12(11-13(16)20)15(22)18-10-9-17-2;/h12,17H,3-11H2,1-2H3,(H2,16,20)(H,18,22)(H,19,21);1H. The van der Waals surface area contributed by atoms with Crippen LogP contribution < -0.4 is 21.7 Å². The zero-order valence-electron chi connectivity index (χ0n) is 14.2. The molecule has 0 aliphatic carbocycles. The first-order valence-corrected chi connectivity index (χ1v) is 8.01. The summed E-state index contributed by atoms with van der Waals surface area (Å²) in [5.41, 5.74) is 5.13. The summed E-state index contributed by atoms with van der Waals surface area (Å²) < 4.78 is 0. The van der Waals surface area contributed by atoms with Gasteiger partial charge in [0.25, 0.3) is 0 Å². The Labute approximate surface area is 144 Å². The molecule has 0 heterocycles. The number of primary amides is 1. The van der Waals surface area contributed by atoms with Crippen LogP contribution in [0.25, 0.3) is 0 Å². The summed E-state index contributed by atoms with van der Waals surface area (Å²) in [6.45, 7) is 3.17. The van der Waals surface area contributed by atoms with Gasteiger partial charge < -0.3 is 21.7 Å². The van der Waals surface area contributed by atoms with Gasteiger partial charge in [-0.25, -0.2) is 0 Å². The van der Waals surface area contributed by atoms with Crippen LogP contribution in [-0.2, 0) is 14.4 Å². The first-order chi connectivity index (χ1) is 10.5. The van der Waals surface area contributed by atoms with Gasteiger partial charge in [-0.15, -0.1) is 12.4 Å². The third kappa shape index (κ3) is 14.0. The van der Waals surface area contributed by atoms with Crippen LogP contribution in [0.15, 0.2) is 0 Å². The van der Waals surface area contributed by atoms with E-state index in [0.717, 1.165) is 25.7 Å². The van der Waals surface area contributed by atoms with Crippen molar-refractivity contribution in [2.24, 2.45) is 5.73 Å². The van der Waals surface area contributed by atoms with Crippen molar-refractivity contribution < 1.29 is 14.4 Å². The first-order valence-electron chi connectivity index (χ1n) is 8.01. The second-order valence-corrected chi connectivity index (χ2v) is 5.35. The predicted octanol–water partition coefficient (Wildman–Crippen LogP) is 0.465. The molecule has 0 radical (unpaired) electrons. The summed E-state index contributed by atoms with van der Waals surface area (Å²) in [5.74, 6) is -1.21. The summed E-state index contributed by atoms with van der Waals surface area (Å²) in [6, 6.07) is -0.891. The molecule has 0 fully saturated rings. The molecular formula is C15H31ClN4O3. The van der Waals surface area contributed by atoms with Crippen LogP contribution in [0.3, 0.4) is 0 Å². The Bertz CT molecular complexity index is 354. The minimum atomic E-state index is -0.891. The smallest absolute Gasteiger partial charge is 0.243 e. The number of nitrogens with one attached hydrogen (secondary N) is 3. The normalized spacial score (nSPS) is 11.2. The highest BCUT2D eigenvalue weighted by molar-refractivity contribution is 5.91. The molecule has 7 nitrogen and oxygen atoms in total. The molecule has 0 saturated heterocycles. The van der Waals surface area contributed by atoms with Gasteiger partial charge >= 0.3 is 0 Å². The fourth-order valence-electron chi connectivity index (χ4n) is 2.00. The van der Waals surface area contributed by atoms with E-state index in [1.165, 1.54) is 6.42 Å². The maximum absolute atomic E-state index is 11.9. The molecule has 0 aliphatic heterocycles. The second kappa shape index (κ2) is 15.6. The Morgan fingerprint density at radius 1 is 1.04 bits per heavy atom. The van der Waals surface area contributed by atoms with E-state index in [1.54, 1.807) is 7.05 Å². The number of carbonyl (C=O) groups is 3. The van der Waals surface area contributed by atoms with Crippen LogP contribution in [0.1, 0.15) is 51.9 Å². The van der Waals surface area contributed by atoms with Gasteiger partial charge in [-0.2, -0.15) is 0 Å². The van der Waals surface area contributed by atoms with Gasteiger partial charge in [-0.3, -0.25) is 14.4 Å². The van der Waals surface area contributed by atoms with Crippen LogP contribution in [-0.4, -0.2) is 43.9 Å². The van der Waals surface area contributed by atoms with Gasteiger partial charge in [0.2, 0.25) is 17.7 Å². The van der Waals surface area contributed by atoms with Crippen molar-refractivity contribution in [1.29, 1.82) is 0 Å². The number of carbonyl (C=O) groups excluding carboxylic acids is 3. The quantitative estimate of drug-likeness (QED) is 0.361. The number of unbranched alkanes of at least 4 members (excludes halogenated alkanes) is 4. The lowest BCUT2D eigenvalue weighted by molar-refractivity contribution is -0.131. The van der Waals surface area contributed by atoms with Crippen LogP contribution in [0.2, 0.25) is 0 Å². The second-order valence-electron chi connectivity index (χ2n) is 5.35. The van der Waals surface area contributed by atoms with E-state index < -0.39 is 11.9 Å². The summed E-state index contributed by atoms with van der Waals surface area (Å²) in [7, 11) is 1.77. The summed E-state index contributed by atoms with van der Waals surface area (Å²) >= 11 is 0. The van der Waals surface area contributed by atoms with E-state index in [1.807, 2.05) is 0 Å². The monoisotopic (exact) mass is 350 g/mol. The molecule has 0 bridgehead atoms. The zero-order valence-corrected chi connectivity index (χ0v) is 15.0. The molecule has 1 atom stereocenters. The first kappa shape index (κ1) is 23.9. The van der Waals surface area contributed by atoms with Crippen LogP contribution in [0.5, 0.6) is 0 Å². The topological polar surface area (TPSA) is 113 Å². The van der Waals surface area contributed by atoms with Gasteiger partial charge in [0.15, 0.2) is 0 Å². The largest absolute Gasteiger partial charge is 0.370 e. The number of hydrogen-bond donors (Lipinski definition) is 4. The molecule has 0 spiro atoms. The van der Waals surface area contributed by atoms with E-state index in [-0.39, 0.29) is 30.6 Å². The Kier molecular flexibility index (Phi) is 16.2. The summed E-state index contributed by atoms with van der Waals surface area (Å²) in [4.78, 5) is 34.8. The van der Waals surface area contributed by atoms with Crippen molar-refractivity contribution >= 4 is 30.1 Å². The number of rotatable bonds is 13. The molecule has 0 aromatic heterocycles. The molecule has 0 aromatic rings. The fourth-order valence-corrected chi connectivity index (χ4v) is 2.00. The predicted molar refractivity (Wildman–Crippen MR) is 93.3 cm³/mol. The molecule has 0 aliphatic rings. The number of amides is 3. The Morgan fingerprint density at radius 3 is 2.26 bits per heavy atom. The van der Waals surface area contributed by atoms with Crippen LogP contribution in [0.4, 0.5) is 0 Å². The van der Waals surface area contributed by atoms with Crippen molar-refractivity contribution in [1.82, 2.24) is 16.0 Å². The molecular weight excluding hydrogens is 320 g/mol. The van der Waals surface area contributed by atoms with Crippen molar-refractivity contribution in [2.75, 3.05) is 20.1 Å². The van der Waals surface area contributed by atoms with Gasteiger partial charge in [0, 0.05) is 19.5 Å². The SMILES string of the molecule is CCCCCCCC(=O)NC(CC(N)=O)C(=O)NCCNC.Cl. The highest BCUT2D eigenvalue weighted by atomic mass is 35.5. The lowest BCUT2D eigenvalue weighted by Gasteiger charge is -2.17. The van der Waals surface area contributed by atoms with E-state index in [2.05, 4.69) is 22.9 Å². The average Bonchev–Trinajstić information content (AvgIpc) is 2.46. The van der Waals surface area contributed by atoms with E-state index in [0.29, 0.717) is 19.5 Å². The highest BCUT2D eigenvalue weighted by Crippen LogP contribution is 2.05. The fraction of sp³-hybridized carbons (Fsp3) is 0.800. The summed E-state index contributed by atoms with van der Waals surface area (Å²) in [5, 5.41) is 8.14. The molecule has 8 heteroatoms. The number of likely N-dealkylation sites (N-methyl/N-ethyl adjacent to an activating group) is 1. The van der Waals surface area contributed by atoms with Gasteiger partial charge in [0.05, 0.1) is 6.42 Å². The summed E-state index contributed by atoms with van der Waals surface area (Å²) in [6.07, 6.45) is 5.39. The van der Waals surface area contributed by atoms with Gasteiger partial charge in [-0.1, -0.05) is 32.6 Å². The molecule has 0 saturated carbocycles. The Morgan fingerprint density at radius 2 is 1.70 bits per heavy atom. The minimum Gasteiger partial charge on any atom is -0.370 e. The van der Waals surface area contributed by atoms with Crippen LogP contribution in [0, 0.1) is 0 Å². The lowest BCUT2D eigenvalue weighted by Crippen LogP contribution is -2.49. The van der Waals surface area contributed by atoms with E-state index in [9.17, 15) is 14.4 Å².